The number of methoxy groups -OCH3 is 1. The maximum Gasteiger partial charge on any atom is 0.243 e. The molecule has 8 nitrogen and oxygen atoms in total. The van der Waals surface area contributed by atoms with Crippen LogP contribution in [0, 0.1) is 13.8 Å². The SMILES string of the molecule is COc1cc(C)c(S(=O)(=O)N2CCC[C@H]2c2cccc(Nc3ncccn3)n2)cc1C. The van der Waals surface area contributed by atoms with E-state index in [1.807, 2.05) is 25.1 Å². The van der Waals surface area contributed by atoms with Crippen molar-refractivity contribution in [3.8, 4) is 5.75 Å². The lowest BCUT2D eigenvalue weighted by Crippen LogP contribution is -2.31. The zero-order chi connectivity index (χ0) is 22.0. The number of aryl methyl sites for hydroxylation is 2. The van der Waals surface area contributed by atoms with Crippen molar-refractivity contribution in [3.63, 3.8) is 0 Å². The fraction of sp³-hybridized carbons (Fsp3) is 0.318. The van der Waals surface area contributed by atoms with Crippen molar-refractivity contribution >= 4 is 21.8 Å². The van der Waals surface area contributed by atoms with Gasteiger partial charge in [0, 0.05) is 18.9 Å². The van der Waals surface area contributed by atoms with Crippen LogP contribution in [-0.2, 0) is 10.0 Å². The molecule has 1 aromatic carbocycles. The van der Waals surface area contributed by atoms with E-state index in [2.05, 4.69) is 20.3 Å². The summed E-state index contributed by atoms with van der Waals surface area (Å²) in [7, 11) is -2.11. The minimum absolute atomic E-state index is 0.310. The number of pyridine rings is 1. The van der Waals surface area contributed by atoms with Gasteiger partial charge in [0.1, 0.15) is 11.6 Å². The van der Waals surface area contributed by atoms with Crippen LogP contribution in [-0.4, -0.2) is 41.3 Å². The molecule has 31 heavy (non-hydrogen) atoms. The van der Waals surface area contributed by atoms with Crippen molar-refractivity contribution in [2.24, 2.45) is 0 Å². The molecule has 2 aromatic heterocycles. The fourth-order valence-corrected chi connectivity index (χ4v) is 5.86. The zero-order valence-electron chi connectivity index (χ0n) is 17.7. The standard InChI is InChI=1S/C22H25N5O3S/c1-15-14-20(16(2)13-19(15)30-3)31(28,29)27-12-5-8-18(27)17-7-4-9-21(25-17)26-22-23-10-6-11-24-22/h4,6-7,9-11,13-14,18H,5,8,12H2,1-3H3,(H,23,24,25,26)/t18-/m0/s1. The van der Waals surface area contributed by atoms with Crippen molar-refractivity contribution in [1.82, 2.24) is 19.3 Å². The van der Waals surface area contributed by atoms with Crippen molar-refractivity contribution < 1.29 is 13.2 Å². The predicted octanol–water partition coefficient (Wildman–Crippen LogP) is 3.77. The molecule has 1 fully saturated rings. The van der Waals surface area contributed by atoms with Crippen LogP contribution in [0.15, 0.2) is 53.7 Å². The van der Waals surface area contributed by atoms with Gasteiger partial charge in [-0.2, -0.15) is 4.31 Å². The van der Waals surface area contributed by atoms with Gasteiger partial charge in [-0.25, -0.2) is 23.4 Å². The maximum absolute atomic E-state index is 13.6. The van der Waals surface area contributed by atoms with Crippen LogP contribution in [0.4, 0.5) is 11.8 Å². The van der Waals surface area contributed by atoms with Crippen LogP contribution in [0.3, 0.4) is 0 Å². The molecule has 0 spiro atoms. The first-order chi connectivity index (χ1) is 14.9. The van der Waals surface area contributed by atoms with Gasteiger partial charge in [0.15, 0.2) is 0 Å². The number of ether oxygens (including phenoxy) is 1. The number of hydrogen-bond donors (Lipinski definition) is 1. The quantitative estimate of drug-likeness (QED) is 0.624. The molecule has 0 unspecified atom stereocenters. The lowest BCUT2D eigenvalue weighted by Gasteiger charge is -2.25. The number of benzene rings is 1. The van der Waals surface area contributed by atoms with Crippen molar-refractivity contribution in [2.45, 2.75) is 37.6 Å². The topological polar surface area (TPSA) is 97.3 Å². The first-order valence-electron chi connectivity index (χ1n) is 10.1. The Balaban J connectivity index is 1.65. The van der Waals surface area contributed by atoms with Crippen LogP contribution in [0.2, 0.25) is 0 Å². The van der Waals surface area contributed by atoms with Crippen LogP contribution >= 0.6 is 0 Å². The fourth-order valence-electron chi connectivity index (χ4n) is 3.90. The molecule has 0 saturated carbocycles. The monoisotopic (exact) mass is 439 g/mol. The van der Waals surface area contributed by atoms with Gasteiger partial charge < -0.3 is 10.1 Å². The molecule has 0 aliphatic carbocycles. The number of sulfonamides is 1. The van der Waals surface area contributed by atoms with Crippen molar-refractivity contribution in [1.29, 1.82) is 0 Å². The molecule has 0 radical (unpaired) electrons. The molecule has 162 valence electrons. The summed E-state index contributed by atoms with van der Waals surface area (Å²) in [4.78, 5) is 13.3. The van der Waals surface area contributed by atoms with E-state index < -0.39 is 10.0 Å². The summed E-state index contributed by atoms with van der Waals surface area (Å²) in [5.74, 6) is 1.69. The number of anilines is 2. The number of aromatic nitrogens is 3. The molecule has 1 N–H and O–H groups in total. The average molecular weight is 440 g/mol. The van der Waals surface area contributed by atoms with Crippen LogP contribution in [0.1, 0.15) is 35.7 Å². The summed E-state index contributed by atoms with van der Waals surface area (Å²) in [6.45, 7) is 4.10. The smallest absolute Gasteiger partial charge is 0.243 e. The van der Waals surface area contributed by atoms with Gasteiger partial charge in [-0.05, 0) is 68.1 Å². The maximum atomic E-state index is 13.6. The summed E-state index contributed by atoms with van der Waals surface area (Å²) >= 11 is 0. The van der Waals surface area contributed by atoms with E-state index in [4.69, 9.17) is 4.74 Å². The molecule has 1 aliphatic rings. The summed E-state index contributed by atoms with van der Waals surface area (Å²) < 4.78 is 34.1. The van der Waals surface area contributed by atoms with E-state index in [1.54, 1.807) is 48.9 Å². The van der Waals surface area contributed by atoms with Crippen molar-refractivity contribution in [3.05, 3.63) is 65.6 Å². The Morgan fingerprint density at radius 2 is 1.87 bits per heavy atom. The van der Waals surface area contributed by atoms with Gasteiger partial charge in [-0.15, -0.1) is 0 Å². The summed E-state index contributed by atoms with van der Waals surface area (Å²) in [6, 6.07) is 10.4. The highest BCUT2D eigenvalue weighted by Gasteiger charge is 2.38. The summed E-state index contributed by atoms with van der Waals surface area (Å²) in [6.07, 6.45) is 4.78. The average Bonchev–Trinajstić information content (AvgIpc) is 3.27. The molecule has 1 atom stereocenters. The van der Waals surface area contributed by atoms with Crippen LogP contribution in [0.5, 0.6) is 5.75 Å². The third-order valence-corrected chi connectivity index (χ3v) is 7.45. The number of rotatable bonds is 6. The lowest BCUT2D eigenvalue weighted by atomic mass is 10.1. The van der Waals surface area contributed by atoms with E-state index in [0.717, 1.165) is 12.0 Å². The Morgan fingerprint density at radius 1 is 1.10 bits per heavy atom. The highest BCUT2D eigenvalue weighted by Crippen LogP contribution is 2.38. The first-order valence-corrected chi connectivity index (χ1v) is 11.5. The van der Waals surface area contributed by atoms with Crippen molar-refractivity contribution in [2.75, 3.05) is 19.0 Å². The molecule has 3 aromatic rings. The third-order valence-electron chi connectivity index (χ3n) is 5.40. The molecule has 1 saturated heterocycles. The van der Waals surface area contributed by atoms with E-state index >= 15 is 0 Å². The van der Waals surface area contributed by atoms with Gasteiger partial charge in [0.25, 0.3) is 0 Å². The Morgan fingerprint density at radius 3 is 2.61 bits per heavy atom. The lowest BCUT2D eigenvalue weighted by molar-refractivity contribution is 0.389. The molecule has 9 heteroatoms. The highest BCUT2D eigenvalue weighted by atomic mass is 32.2. The number of nitrogens with one attached hydrogen (secondary N) is 1. The van der Waals surface area contributed by atoms with Gasteiger partial charge in [-0.3, -0.25) is 0 Å². The second-order valence-electron chi connectivity index (χ2n) is 7.51. The molecular formula is C22H25N5O3S. The Labute approximate surface area is 182 Å². The molecule has 0 amide bonds. The molecule has 4 rings (SSSR count). The number of nitrogens with zero attached hydrogens (tertiary/aromatic N) is 4. The normalized spacial score (nSPS) is 16.9. The second-order valence-corrected chi connectivity index (χ2v) is 9.37. The molecule has 1 aliphatic heterocycles. The second kappa shape index (κ2) is 8.60. The van der Waals surface area contributed by atoms with E-state index in [-0.39, 0.29) is 6.04 Å². The summed E-state index contributed by atoms with van der Waals surface area (Å²) in [5, 5.41) is 3.07. The van der Waals surface area contributed by atoms with Gasteiger partial charge in [0.2, 0.25) is 16.0 Å². The predicted molar refractivity (Wildman–Crippen MR) is 118 cm³/mol. The van der Waals surface area contributed by atoms with E-state index in [9.17, 15) is 8.42 Å². The van der Waals surface area contributed by atoms with Crippen LogP contribution < -0.4 is 10.1 Å². The Bertz CT molecular complexity index is 1190. The Kier molecular flexibility index (Phi) is 5.88. The minimum Gasteiger partial charge on any atom is -0.496 e. The third kappa shape index (κ3) is 4.24. The summed E-state index contributed by atoms with van der Waals surface area (Å²) in [5.41, 5.74) is 2.15. The first kappa shape index (κ1) is 21.2. The minimum atomic E-state index is -3.69. The van der Waals surface area contributed by atoms with Gasteiger partial charge in [-0.1, -0.05) is 6.07 Å². The molecular weight excluding hydrogens is 414 g/mol. The van der Waals surface area contributed by atoms with Gasteiger partial charge in [0.05, 0.1) is 23.7 Å². The number of hydrogen-bond acceptors (Lipinski definition) is 7. The molecule has 0 bridgehead atoms. The highest BCUT2D eigenvalue weighted by molar-refractivity contribution is 7.89. The largest absolute Gasteiger partial charge is 0.496 e. The van der Waals surface area contributed by atoms with Gasteiger partial charge >= 0.3 is 0 Å². The van der Waals surface area contributed by atoms with E-state index in [1.165, 1.54) is 0 Å². The Hall–Kier alpha value is -3.04. The van der Waals surface area contributed by atoms with Crippen LogP contribution in [0.25, 0.3) is 0 Å². The van der Waals surface area contributed by atoms with E-state index in [0.29, 0.717) is 46.6 Å². The zero-order valence-corrected chi connectivity index (χ0v) is 18.6. The molecule has 3 heterocycles.